The predicted octanol–water partition coefficient (Wildman–Crippen LogP) is 0.247. The second-order valence-electron chi connectivity index (χ2n) is 3.66. The van der Waals surface area contributed by atoms with E-state index in [9.17, 15) is 14.9 Å². The Morgan fingerprint density at radius 3 is 2.58 bits per heavy atom. The molecule has 0 saturated heterocycles. The molecule has 8 heteroatoms. The van der Waals surface area contributed by atoms with Gasteiger partial charge in [0, 0.05) is 10.6 Å². The molecule has 0 spiro atoms. The van der Waals surface area contributed by atoms with Gasteiger partial charge in [0.05, 0.1) is 24.7 Å². The van der Waals surface area contributed by atoms with Crippen LogP contribution in [0.1, 0.15) is 5.56 Å². The number of carboxylic acids is 1. The van der Waals surface area contributed by atoms with Crippen LogP contribution in [0.15, 0.2) is 24.3 Å². The summed E-state index contributed by atoms with van der Waals surface area (Å²) in [5.41, 5.74) is 0.935. The summed E-state index contributed by atoms with van der Waals surface area (Å²) >= 11 is 0. The van der Waals surface area contributed by atoms with Gasteiger partial charge in [0.2, 0.25) is 0 Å². The number of hydrogen-bond acceptors (Lipinski definition) is 6. The third-order valence-corrected chi connectivity index (χ3v) is 2.22. The topological polar surface area (TPSA) is 128 Å². The lowest BCUT2D eigenvalue weighted by molar-refractivity contribution is -0.512. The van der Waals surface area contributed by atoms with E-state index >= 15 is 0 Å². The number of carboxylic acid groups (broad SMARTS) is 1. The second kappa shape index (κ2) is 6.93. The smallest absolute Gasteiger partial charge is 0.317 e. The largest absolute Gasteiger partial charge is 0.480 e. The van der Waals surface area contributed by atoms with Crippen LogP contribution in [-0.4, -0.2) is 35.3 Å². The van der Waals surface area contributed by atoms with E-state index in [-0.39, 0.29) is 13.1 Å². The molecule has 0 aliphatic rings. The average molecular weight is 264 g/mol. The van der Waals surface area contributed by atoms with Crippen molar-refractivity contribution < 1.29 is 14.8 Å². The number of carbonyl (C=O) groups is 1. The Morgan fingerprint density at radius 1 is 1.47 bits per heavy atom. The fraction of sp³-hybridized carbons (Fsp3) is 0.273. The van der Waals surface area contributed by atoms with Crippen LogP contribution in [0.5, 0.6) is 0 Å². The molecule has 1 atom stereocenters. The Labute approximate surface area is 108 Å². The summed E-state index contributed by atoms with van der Waals surface area (Å²) in [6.45, 7) is -0.474. The lowest BCUT2D eigenvalue weighted by Gasteiger charge is -2.12. The van der Waals surface area contributed by atoms with E-state index in [1.165, 1.54) is 12.1 Å². The van der Waals surface area contributed by atoms with E-state index in [2.05, 4.69) is 10.6 Å². The van der Waals surface area contributed by atoms with Crippen LogP contribution in [-0.2, 0) is 4.79 Å². The fourth-order valence-corrected chi connectivity index (χ4v) is 1.33. The Bertz CT molecular complexity index is 494. The van der Waals surface area contributed by atoms with Crippen molar-refractivity contribution in [1.29, 1.82) is 5.26 Å². The second-order valence-corrected chi connectivity index (χ2v) is 3.66. The van der Waals surface area contributed by atoms with Crippen molar-refractivity contribution in [3.63, 3.8) is 0 Å². The highest BCUT2D eigenvalue weighted by Crippen LogP contribution is 2.10. The van der Waals surface area contributed by atoms with Crippen LogP contribution in [0.25, 0.3) is 0 Å². The van der Waals surface area contributed by atoms with Gasteiger partial charge in [-0.1, -0.05) is 0 Å². The van der Waals surface area contributed by atoms with Crippen LogP contribution in [0.3, 0.4) is 0 Å². The summed E-state index contributed by atoms with van der Waals surface area (Å²) in [5.74, 6) is -1.08. The molecule has 3 N–H and O–H groups in total. The molecule has 0 heterocycles. The number of nitro groups is 1. The quantitative estimate of drug-likeness (QED) is 0.365. The first kappa shape index (κ1) is 14.4. The molecule has 1 unspecified atom stereocenters. The van der Waals surface area contributed by atoms with Gasteiger partial charge in [-0.3, -0.25) is 20.2 Å². The molecular weight excluding hydrogens is 252 g/mol. The maximum absolute atomic E-state index is 10.8. The van der Waals surface area contributed by atoms with Gasteiger partial charge in [0.15, 0.2) is 0 Å². The molecule has 0 aromatic heterocycles. The van der Waals surface area contributed by atoms with E-state index in [0.717, 1.165) is 0 Å². The molecule has 0 fully saturated rings. The van der Waals surface area contributed by atoms with Crippen molar-refractivity contribution in [2.45, 2.75) is 6.17 Å². The monoisotopic (exact) mass is 264 g/mol. The summed E-state index contributed by atoms with van der Waals surface area (Å²) in [5, 5.41) is 33.0. The molecule has 0 radical (unpaired) electrons. The van der Waals surface area contributed by atoms with Gasteiger partial charge >= 0.3 is 5.97 Å². The molecule has 0 aliphatic carbocycles. The first-order valence-electron chi connectivity index (χ1n) is 5.35. The van der Waals surface area contributed by atoms with Crippen LogP contribution < -0.4 is 10.6 Å². The lowest BCUT2D eigenvalue weighted by Crippen LogP contribution is -2.40. The molecule has 8 nitrogen and oxygen atoms in total. The maximum atomic E-state index is 10.8. The number of benzene rings is 1. The van der Waals surface area contributed by atoms with E-state index in [1.54, 1.807) is 12.1 Å². The number of aliphatic carboxylic acids is 1. The number of rotatable bonds is 7. The summed E-state index contributed by atoms with van der Waals surface area (Å²) < 4.78 is 0. The molecule has 0 amide bonds. The normalized spacial score (nSPS) is 11.3. The summed E-state index contributed by atoms with van der Waals surface area (Å²) in [6.07, 6.45) is -1.15. The zero-order valence-corrected chi connectivity index (χ0v) is 9.87. The van der Waals surface area contributed by atoms with Crippen molar-refractivity contribution in [2.75, 3.05) is 18.4 Å². The summed E-state index contributed by atoms with van der Waals surface area (Å²) in [4.78, 5) is 20.6. The minimum atomic E-state index is -1.15. The fourth-order valence-electron chi connectivity index (χ4n) is 1.33. The van der Waals surface area contributed by atoms with Crippen LogP contribution in [0, 0.1) is 21.4 Å². The third-order valence-electron chi connectivity index (χ3n) is 2.22. The highest BCUT2D eigenvalue weighted by molar-refractivity contribution is 5.69. The molecule has 100 valence electrons. The zero-order chi connectivity index (χ0) is 14.3. The van der Waals surface area contributed by atoms with Gasteiger partial charge in [0.1, 0.15) is 0 Å². The van der Waals surface area contributed by atoms with Crippen LogP contribution >= 0.6 is 0 Å². The first-order chi connectivity index (χ1) is 9.02. The minimum Gasteiger partial charge on any atom is -0.480 e. The Balaban J connectivity index is 2.59. The highest BCUT2D eigenvalue weighted by Gasteiger charge is 2.19. The van der Waals surface area contributed by atoms with Gasteiger partial charge in [0.25, 0.3) is 6.17 Å². The predicted molar refractivity (Wildman–Crippen MR) is 66.1 cm³/mol. The van der Waals surface area contributed by atoms with Gasteiger partial charge in [-0.2, -0.15) is 5.26 Å². The molecule has 1 rings (SSSR count). The van der Waals surface area contributed by atoms with Crippen molar-refractivity contribution in [1.82, 2.24) is 5.32 Å². The highest BCUT2D eigenvalue weighted by atomic mass is 16.6. The molecule has 0 aliphatic heterocycles. The zero-order valence-electron chi connectivity index (χ0n) is 9.87. The molecular formula is C11H12N4O4. The Kier molecular flexibility index (Phi) is 5.25. The molecule has 19 heavy (non-hydrogen) atoms. The number of anilines is 1. The number of nitrogens with one attached hydrogen (secondary N) is 2. The van der Waals surface area contributed by atoms with E-state index in [0.29, 0.717) is 11.3 Å². The lowest BCUT2D eigenvalue weighted by atomic mass is 10.2. The summed E-state index contributed by atoms with van der Waals surface area (Å²) in [7, 11) is 0. The van der Waals surface area contributed by atoms with Gasteiger partial charge in [-0.25, -0.2) is 0 Å². The van der Waals surface area contributed by atoms with Gasteiger partial charge in [-0.05, 0) is 24.3 Å². The van der Waals surface area contributed by atoms with Crippen LogP contribution in [0.4, 0.5) is 5.69 Å². The van der Waals surface area contributed by atoms with E-state index < -0.39 is 17.1 Å². The average Bonchev–Trinajstić information content (AvgIpc) is 2.37. The minimum absolute atomic E-state index is 0.126. The van der Waals surface area contributed by atoms with Gasteiger partial charge in [-0.15, -0.1) is 0 Å². The molecule has 0 saturated carbocycles. The molecule has 1 aromatic carbocycles. The summed E-state index contributed by atoms with van der Waals surface area (Å²) in [6, 6.07) is 8.10. The van der Waals surface area contributed by atoms with Crippen LogP contribution in [0.2, 0.25) is 0 Å². The maximum Gasteiger partial charge on any atom is 0.317 e. The number of nitriles is 1. The Hall–Kier alpha value is -2.66. The Morgan fingerprint density at radius 2 is 2.11 bits per heavy atom. The van der Waals surface area contributed by atoms with Crippen molar-refractivity contribution >= 4 is 11.7 Å². The molecule has 0 bridgehead atoms. The van der Waals surface area contributed by atoms with E-state index in [4.69, 9.17) is 10.4 Å². The third kappa shape index (κ3) is 5.01. The number of nitrogens with zero attached hydrogens (tertiary/aromatic N) is 2. The van der Waals surface area contributed by atoms with Crippen molar-refractivity contribution in [2.24, 2.45) is 0 Å². The van der Waals surface area contributed by atoms with E-state index in [1.807, 2.05) is 6.07 Å². The van der Waals surface area contributed by atoms with Crippen molar-refractivity contribution in [3.8, 4) is 6.07 Å². The SMILES string of the molecule is N#Cc1ccc(NC(CNCC(=O)O)[N+](=O)[O-])cc1. The first-order valence-corrected chi connectivity index (χ1v) is 5.35. The van der Waals surface area contributed by atoms with Gasteiger partial charge < -0.3 is 10.4 Å². The standard InChI is InChI=1S/C11H12N4O4/c12-5-8-1-3-9(4-2-8)14-10(15(18)19)6-13-7-11(16)17/h1-4,10,13-14H,6-7H2,(H,16,17). The van der Waals surface area contributed by atoms with Crippen molar-refractivity contribution in [3.05, 3.63) is 39.9 Å². The molecule has 1 aromatic rings. The number of hydrogen-bond donors (Lipinski definition) is 3.